The molecule has 23 heavy (non-hydrogen) atoms. The van der Waals surface area contributed by atoms with Crippen LogP contribution >= 0.6 is 0 Å². The number of hydrogen-bond donors (Lipinski definition) is 1. The van der Waals surface area contributed by atoms with E-state index in [4.69, 9.17) is 16.2 Å². The maximum atomic E-state index is 12.5. The van der Waals surface area contributed by atoms with Gasteiger partial charge in [-0.15, -0.1) is 0 Å². The monoisotopic (exact) mass is 319 g/mol. The Hall–Kier alpha value is -2.62. The zero-order chi connectivity index (χ0) is 22.5. The third-order valence-electron chi connectivity index (χ3n) is 3.91. The van der Waals surface area contributed by atoms with Gasteiger partial charge >= 0.3 is 5.91 Å². The fourth-order valence-electron chi connectivity index (χ4n) is 2.68. The van der Waals surface area contributed by atoms with Crippen molar-refractivity contribution in [3.8, 4) is 0 Å². The first kappa shape index (κ1) is 8.87. The molecule has 0 saturated carbocycles. The van der Waals surface area contributed by atoms with E-state index in [9.17, 15) is 4.79 Å². The topological polar surface area (TPSA) is 69.5 Å². The molecule has 7 nitrogen and oxygen atoms in total. The third-order valence-corrected chi connectivity index (χ3v) is 3.91. The highest BCUT2D eigenvalue weighted by Crippen LogP contribution is 2.28. The van der Waals surface area contributed by atoms with Gasteiger partial charge in [0.15, 0.2) is 0 Å². The Morgan fingerprint density at radius 3 is 3.43 bits per heavy atom. The lowest BCUT2D eigenvalue weighted by Gasteiger charge is -2.41. The number of rotatable bonds is 3. The molecule has 0 aromatic carbocycles. The van der Waals surface area contributed by atoms with Crippen molar-refractivity contribution < 1.29 is 14.4 Å². The summed E-state index contributed by atoms with van der Waals surface area (Å²) in [6, 6.07) is -0.278. The van der Waals surface area contributed by atoms with Crippen LogP contribution in [0.3, 0.4) is 0 Å². The molecule has 0 unspecified atom stereocenters. The van der Waals surface area contributed by atoms with E-state index < -0.39 is 37.7 Å². The van der Waals surface area contributed by atoms with Gasteiger partial charge in [-0.05, 0) is 18.4 Å². The summed E-state index contributed by atoms with van der Waals surface area (Å²) in [5.41, 5.74) is 0.346. The van der Waals surface area contributed by atoms with Gasteiger partial charge in [-0.3, -0.25) is 4.79 Å². The Morgan fingerprint density at radius 2 is 2.65 bits per heavy atom. The molecule has 3 heterocycles. The van der Waals surface area contributed by atoms with Crippen LogP contribution in [0.25, 0.3) is 15.9 Å². The molecule has 120 valence electrons. The number of likely N-dealkylation sites (N-methyl/N-ethyl adjacent to an activating group) is 1. The minimum Gasteiger partial charge on any atom is -0.354 e. The van der Waals surface area contributed by atoms with E-state index in [2.05, 4.69) is 19.8 Å². The van der Waals surface area contributed by atoms with Crippen LogP contribution in [0.15, 0.2) is 18.6 Å². The molecule has 3 rings (SSSR count). The number of amides is 1. The van der Waals surface area contributed by atoms with Crippen LogP contribution < -0.4 is 4.90 Å². The number of aromatic nitrogens is 3. The minimum absolute atomic E-state index is 0.0841. The first-order valence-electron chi connectivity index (χ1n) is 10.5. The van der Waals surface area contributed by atoms with Crippen LogP contribution in [0.5, 0.6) is 0 Å². The standard InChI is InChI=1S/C16H20N6O/c1-11-5-7-22(14(23)8-17-2)9-13(11)21(3)16-12-4-6-18-15(12)19-10-20-16/h4,6,10-11,13H,5,7-9H2,1,3H3,(H,18,19,20)/t11-,13+/m1/s1/i1D3,8D2,10D,13D. The molecule has 1 aliphatic heterocycles. The van der Waals surface area contributed by atoms with Gasteiger partial charge in [-0.1, -0.05) is 6.85 Å². The fraction of sp³-hybridized carbons (Fsp3) is 0.500. The van der Waals surface area contributed by atoms with Crippen LogP contribution in [0.4, 0.5) is 5.82 Å². The van der Waals surface area contributed by atoms with Crippen molar-refractivity contribution >= 4 is 22.8 Å². The first-order chi connectivity index (χ1) is 13.8. The lowest BCUT2D eigenvalue weighted by molar-refractivity contribution is -0.130. The number of aromatic amines is 1. The SMILES string of the molecule is [2H]c1nc(N(C)[C@@]2([2H])CN(C(=O)C([2H])([2H])[N+]#[C-])CC[C@H]2C([2H])([2H])[2H])c2cc[nH]c2n1. The summed E-state index contributed by atoms with van der Waals surface area (Å²) >= 11 is 0. The first-order valence-corrected chi connectivity index (χ1v) is 7.05. The van der Waals surface area contributed by atoms with Gasteiger partial charge in [0.2, 0.25) is 0 Å². The molecule has 1 N–H and O–H groups in total. The summed E-state index contributed by atoms with van der Waals surface area (Å²) in [6.45, 7) is 1.06. The van der Waals surface area contributed by atoms with Gasteiger partial charge in [0, 0.05) is 30.4 Å². The van der Waals surface area contributed by atoms with E-state index in [0.717, 1.165) is 4.90 Å². The van der Waals surface area contributed by atoms with Crippen molar-refractivity contribution in [2.75, 3.05) is 31.5 Å². The van der Waals surface area contributed by atoms with Crippen molar-refractivity contribution in [2.45, 2.75) is 19.3 Å². The highest BCUT2D eigenvalue weighted by molar-refractivity contribution is 5.87. The van der Waals surface area contributed by atoms with Crippen molar-refractivity contribution in [1.29, 1.82) is 0 Å². The molecule has 0 bridgehead atoms. The predicted molar refractivity (Wildman–Crippen MR) is 87.9 cm³/mol. The summed E-state index contributed by atoms with van der Waals surface area (Å²) in [5.74, 6) is -2.14. The molecule has 7 heteroatoms. The molecule has 0 spiro atoms. The Morgan fingerprint density at radius 1 is 1.78 bits per heavy atom. The minimum atomic E-state index is -2.80. The molecule has 2 aromatic heterocycles. The van der Waals surface area contributed by atoms with Crippen LogP contribution in [-0.2, 0) is 4.79 Å². The number of carbonyl (C=O) groups is 1. The highest BCUT2D eigenvalue weighted by atomic mass is 16.2. The molecular weight excluding hydrogens is 292 g/mol. The zero-order valence-electron chi connectivity index (χ0n) is 19.5. The van der Waals surface area contributed by atoms with E-state index in [1.165, 1.54) is 11.9 Å². The van der Waals surface area contributed by atoms with Crippen LogP contribution in [0.1, 0.15) is 22.9 Å². The van der Waals surface area contributed by atoms with Crippen molar-refractivity contribution in [2.24, 2.45) is 5.92 Å². The molecule has 0 radical (unpaired) electrons. The van der Waals surface area contributed by atoms with Crippen molar-refractivity contribution in [3.63, 3.8) is 0 Å². The van der Waals surface area contributed by atoms with E-state index in [1.54, 1.807) is 12.3 Å². The van der Waals surface area contributed by atoms with Crippen molar-refractivity contribution in [3.05, 3.63) is 30.0 Å². The maximum Gasteiger partial charge on any atom is 0.302 e. The summed E-state index contributed by atoms with van der Waals surface area (Å²) < 4.78 is 55.9. The largest absolute Gasteiger partial charge is 0.354 e. The second-order valence-electron chi connectivity index (χ2n) is 5.23. The molecule has 1 amide bonds. The predicted octanol–water partition coefficient (Wildman–Crippen LogP) is 1.55. The Balaban J connectivity index is 2.08. The quantitative estimate of drug-likeness (QED) is 0.872. The highest BCUT2D eigenvalue weighted by Gasteiger charge is 2.33. The summed E-state index contributed by atoms with van der Waals surface area (Å²) in [6.07, 6.45) is 1.17. The normalized spacial score (nSPS) is 30.0. The Bertz CT molecular complexity index is 1020. The van der Waals surface area contributed by atoms with Gasteiger partial charge in [-0.2, -0.15) is 0 Å². The van der Waals surface area contributed by atoms with Gasteiger partial charge in [0.05, 0.1) is 12.8 Å². The van der Waals surface area contributed by atoms with Gasteiger partial charge in [0.25, 0.3) is 6.50 Å². The number of nitrogens with one attached hydrogen (secondary N) is 1. The molecule has 1 saturated heterocycles. The average molecular weight is 319 g/mol. The zero-order valence-corrected chi connectivity index (χ0v) is 12.5. The lowest BCUT2D eigenvalue weighted by Crippen LogP contribution is -2.53. The Labute approximate surface area is 145 Å². The molecule has 0 aliphatic carbocycles. The number of carbonyl (C=O) groups excluding carboxylic acids is 1. The van der Waals surface area contributed by atoms with Crippen LogP contribution in [0.2, 0.25) is 0 Å². The number of piperidine rings is 1. The number of H-pyrrole nitrogens is 1. The average Bonchev–Trinajstić information content (AvgIpc) is 3.13. The lowest BCUT2D eigenvalue weighted by atomic mass is 9.92. The number of hydrogen-bond acceptors (Lipinski definition) is 4. The maximum absolute atomic E-state index is 12.5. The number of fused-ring (bicyclic) bond motifs is 1. The van der Waals surface area contributed by atoms with E-state index in [0.29, 0.717) is 11.0 Å². The van der Waals surface area contributed by atoms with Crippen molar-refractivity contribution in [1.82, 2.24) is 19.9 Å². The smallest absolute Gasteiger partial charge is 0.302 e. The van der Waals surface area contributed by atoms with E-state index in [1.807, 2.05) is 0 Å². The summed E-state index contributed by atoms with van der Waals surface area (Å²) in [4.78, 5) is 28.4. The third kappa shape index (κ3) is 2.84. The molecule has 2 atom stereocenters. The van der Waals surface area contributed by atoms with Gasteiger partial charge in [-0.25, -0.2) is 16.5 Å². The fourth-order valence-corrected chi connectivity index (χ4v) is 2.68. The van der Waals surface area contributed by atoms with Gasteiger partial charge in [0.1, 0.15) is 21.9 Å². The molecule has 1 aliphatic rings. The Kier molecular flexibility index (Phi) is 2.41. The van der Waals surface area contributed by atoms with Crippen LogP contribution in [0, 0.1) is 12.5 Å². The molecule has 1 fully saturated rings. The van der Waals surface area contributed by atoms with Crippen LogP contribution in [-0.4, -0.2) is 58.4 Å². The van der Waals surface area contributed by atoms with Gasteiger partial charge < -0.3 is 19.6 Å². The summed E-state index contributed by atoms with van der Waals surface area (Å²) in [5, 5.41) is 0.476. The van der Waals surface area contributed by atoms with E-state index in [-0.39, 0.29) is 25.1 Å². The second kappa shape index (κ2) is 6.24. The summed E-state index contributed by atoms with van der Waals surface area (Å²) in [7, 11) is 1.46. The van der Waals surface area contributed by atoms with E-state index >= 15 is 0 Å². The number of nitrogens with zero attached hydrogens (tertiary/aromatic N) is 5. The number of anilines is 1. The molecule has 2 aromatic rings. The second-order valence-corrected chi connectivity index (χ2v) is 5.23. The number of likely N-dealkylation sites (tertiary alicyclic amines) is 1. The molecular formula is C16H20N6O.